The molecule has 0 saturated heterocycles. The number of anilines is 3. The van der Waals surface area contributed by atoms with Crippen LogP contribution in [0.2, 0.25) is 0 Å². The van der Waals surface area contributed by atoms with Gasteiger partial charge in [-0.2, -0.15) is 0 Å². The minimum atomic E-state index is -0.0173. The highest BCUT2D eigenvalue weighted by Gasteiger charge is 2.48. The summed E-state index contributed by atoms with van der Waals surface area (Å²) >= 11 is 0. The highest BCUT2D eigenvalue weighted by molar-refractivity contribution is 6.22. The Bertz CT molecular complexity index is 1430. The molecule has 4 aliphatic rings. The van der Waals surface area contributed by atoms with Crippen LogP contribution in [0.25, 0.3) is 0 Å². The van der Waals surface area contributed by atoms with E-state index in [2.05, 4.69) is 56.5 Å². The minimum absolute atomic E-state index is 0.0173. The SMILES string of the molecule is CN1C(=O)c2c(cn(Cc3ccc([N+]4=CCN=C4)cc3)c2Nc2ccccc2)N2C1=N[C@@H]1CCC[C@@H]12. The van der Waals surface area contributed by atoms with Crippen LogP contribution >= 0.6 is 0 Å². The lowest BCUT2D eigenvalue weighted by Crippen LogP contribution is -2.51. The minimum Gasteiger partial charge on any atom is -0.341 e. The summed E-state index contributed by atoms with van der Waals surface area (Å²) in [6, 6.07) is 19.2. The Hall–Kier alpha value is -4.20. The van der Waals surface area contributed by atoms with E-state index in [1.807, 2.05) is 48.3 Å². The lowest BCUT2D eigenvalue weighted by Gasteiger charge is -2.35. The average molecular weight is 479 g/mol. The second kappa shape index (κ2) is 8.19. The molecular formula is C28H28N7O+. The van der Waals surface area contributed by atoms with Crippen molar-refractivity contribution >= 4 is 47.3 Å². The van der Waals surface area contributed by atoms with Crippen LogP contribution in [0.5, 0.6) is 0 Å². The third-order valence-corrected chi connectivity index (χ3v) is 7.62. The number of nitrogens with zero attached hydrogens (tertiary/aromatic N) is 6. The number of aromatic nitrogens is 1. The molecule has 1 amide bonds. The first kappa shape index (κ1) is 21.1. The molecule has 1 N–H and O–H groups in total. The van der Waals surface area contributed by atoms with Crippen LogP contribution in [0.15, 0.2) is 70.8 Å². The van der Waals surface area contributed by atoms with Gasteiger partial charge in [0.15, 0.2) is 6.54 Å². The van der Waals surface area contributed by atoms with Crippen molar-refractivity contribution in [3.05, 3.63) is 71.9 Å². The Morgan fingerprint density at radius 2 is 1.92 bits per heavy atom. The van der Waals surface area contributed by atoms with Crippen molar-refractivity contribution in [2.75, 3.05) is 23.8 Å². The zero-order valence-corrected chi connectivity index (χ0v) is 20.2. The normalized spacial score (nSPS) is 21.9. The first-order valence-electron chi connectivity index (χ1n) is 12.6. The number of hydrogen-bond acceptors (Lipinski definition) is 5. The summed E-state index contributed by atoms with van der Waals surface area (Å²) in [5.74, 6) is 1.59. The molecule has 36 heavy (non-hydrogen) atoms. The monoisotopic (exact) mass is 478 g/mol. The third-order valence-electron chi connectivity index (χ3n) is 7.62. The molecule has 3 aromatic rings. The predicted octanol–water partition coefficient (Wildman–Crippen LogP) is 4.22. The molecule has 0 bridgehead atoms. The number of fused-ring (bicyclic) bond motifs is 5. The number of carbonyl (C=O) groups is 1. The van der Waals surface area contributed by atoms with Crippen molar-refractivity contribution in [1.82, 2.24) is 9.47 Å². The van der Waals surface area contributed by atoms with E-state index < -0.39 is 0 Å². The van der Waals surface area contributed by atoms with Crippen molar-refractivity contribution in [1.29, 1.82) is 0 Å². The number of carbonyl (C=O) groups excluding carboxylic acids is 1. The molecule has 8 heteroatoms. The number of nitrogens with one attached hydrogen (secondary N) is 1. The molecule has 2 atom stereocenters. The number of rotatable bonds is 5. The molecule has 3 aliphatic heterocycles. The molecule has 4 heterocycles. The standard InChI is InChI=1S/C28H27N7O/c1-32-27(36)25-24(35-23-9-5-8-22(23)31-28(32)35)17-34(26(25)30-20-6-3-2-4-7-20)16-19-10-12-21(13-11-19)33-15-14-29-18-33/h2-4,6-7,10-13,15,17-18,22-23H,5,8-9,14,16H2,1H3/p+1/t22-,23+/m1/s1. The van der Waals surface area contributed by atoms with Crippen LogP contribution in [-0.2, 0) is 6.54 Å². The number of aliphatic imine (C=N–C) groups is 2. The summed E-state index contributed by atoms with van der Waals surface area (Å²) in [4.78, 5) is 27.0. The van der Waals surface area contributed by atoms with Crippen LogP contribution in [-0.4, -0.2) is 64.1 Å². The fourth-order valence-corrected chi connectivity index (χ4v) is 5.84. The van der Waals surface area contributed by atoms with Gasteiger partial charge in [-0.05, 0) is 49.1 Å². The van der Waals surface area contributed by atoms with Gasteiger partial charge in [-0.25, -0.2) is 9.57 Å². The van der Waals surface area contributed by atoms with E-state index in [0.717, 1.165) is 53.8 Å². The fourth-order valence-electron chi connectivity index (χ4n) is 5.84. The first-order valence-corrected chi connectivity index (χ1v) is 12.6. The van der Waals surface area contributed by atoms with Crippen LogP contribution in [0.4, 0.5) is 22.9 Å². The van der Waals surface area contributed by atoms with Gasteiger partial charge < -0.3 is 14.8 Å². The average Bonchev–Trinajstić information content (AvgIpc) is 3.69. The van der Waals surface area contributed by atoms with Gasteiger partial charge in [0.25, 0.3) is 12.2 Å². The smallest absolute Gasteiger partial charge is 0.285 e. The van der Waals surface area contributed by atoms with Gasteiger partial charge in [-0.1, -0.05) is 35.3 Å². The van der Waals surface area contributed by atoms with E-state index in [-0.39, 0.29) is 11.9 Å². The molecule has 2 aromatic carbocycles. The molecule has 0 spiro atoms. The third kappa shape index (κ3) is 3.28. The zero-order chi connectivity index (χ0) is 24.2. The molecule has 1 saturated carbocycles. The van der Waals surface area contributed by atoms with Crippen LogP contribution in [0.3, 0.4) is 0 Å². The van der Waals surface area contributed by atoms with E-state index in [1.165, 1.54) is 6.42 Å². The van der Waals surface area contributed by atoms with Crippen LogP contribution in [0.1, 0.15) is 35.2 Å². The maximum Gasteiger partial charge on any atom is 0.285 e. The fraction of sp³-hybridized carbons (Fsp3) is 0.286. The van der Waals surface area contributed by atoms with E-state index in [1.54, 1.807) is 4.90 Å². The summed E-state index contributed by atoms with van der Waals surface area (Å²) in [6.07, 6.45) is 9.41. The Morgan fingerprint density at radius 1 is 1.08 bits per heavy atom. The Labute approximate surface area is 209 Å². The van der Waals surface area contributed by atoms with Gasteiger partial charge in [0, 0.05) is 25.5 Å². The van der Waals surface area contributed by atoms with Crippen molar-refractivity contribution in [2.45, 2.75) is 37.9 Å². The van der Waals surface area contributed by atoms with Crippen molar-refractivity contribution in [3.8, 4) is 0 Å². The second-order valence-electron chi connectivity index (χ2n) is 9.82. The summed E-state index contributed by atoms with van der Waals surface area (Å²) in [5, 5.41) is 3.57. The number of hydrogen-bond donors (Lipinski definition) is 1. The Morgan fingerprint density at radius 3 is 2.69 bits per heavy atom. The van der Waals surface area contributed by atoms with Crippen molar-refractivity contribution < 1.29 is 9.37 Å². The van der Waals surface area contributed by atoms with E-state index in [4.69, 9.17) is 4.99 Å². The van der Waals surface area contributed by atoms with Gasteiger partial charge in [0.05, 0.1) is 17.8 Å². The number of guanidine groups is 1. The molecule has 1 fully saturated rings. The lowest BCUT2D eigenvalue weighted by atomic mass is 10.1. The van der Waals surface area contributed by atoms with Crippen molar-refractivity contribution in [3.63, 3.8) is 0 Å². The van der Waals surface area contributed by atoms with Gasteiger partial charge in [-0.3, -0.25) is 9.69 Å². The molecule has 7 rings (SSSR count). The maximum absolute atomic E-state index is 13.7. The molecule has 1 aromatic heterocycles. The number of benzene rings is 2. The topological polar surface area (TPSA) is 68.2 Å². The molecule has 0 radical (unpaired) electrons. The lowest BCUT2D eigenvalue weighted by molar-refractivity contribution is -0.285. The summed E-state index contributed by atoms with van der Waals surface area (Å²) in [5.41, 5.74) is 4.88. The van der Waals surface area contributed by atoms with E-state index in [9.17, 15) is 4.79 Å². The van der Waals surface area contributed by atoms with Gasteiger partial charge >= 0.3 is 0 Å². The highest BCUT2D eigenvalue weighted by atomic mass is 16.2. The van der Waals surface area contributed by atoms with Gasteiger partial charge in [-0.15, -0.1) is 0 Å². The van der Waals surface area contributed by atoms with E-state index >= 15 is 0 Å². The molecule has 0 unspecified atom stereocenters. The quantitative estimate of drug-likeness (QED) is 0.559. The number of amides is 1. The van der Waals surface area contributed by atoms with Crippen LogP contribution in [0, 0.1) is 0 Å². The molecule has 180 valence electrons. The summed E-state index contributed by atoms with van der Waals surface area (Å²) < 4.78 is 4.22. The van der Waals surface area contributed by atoms with Crippen molar-refractivity contribution in [2.24, 2.45) is 9.98 Å². The molecule has 1 aliphatic carbocycles. The highest BCUT2D eigenvalue weighted by Crippen LogP contribution is 2.44. The Kier molecular flexibility index (Phi) is 4.80. The zero-order valence-electron chi connectivity index (χ0n) is 20.2. The Balaban J connectivity index is 1.31. The summed E-state index contributed by atoms with van der Waals surface area (Å²) in [6.45, 7) is 1.36. The number of para-hydroxylation sites is 1. The van der Waals surface area contributed by atoms with Crippen LogP contribution < -0.4 is 10.2 Å². The largest absolute Gasteiger partial charge is 0.341 e. The molecular weight excluding hydrogens is 450 g/mol. The maximum atomic E-state index is 13.7. The first-order chi connectivity index (χ1) is 17.7. The predicted molar refractivity (Wildman–Crippen MR) is 142 cm³/mol. The summed E-state index contributed by atoms with van der Waals surface area (Å²) in [7, 11) is 1.85. The molecule has 8 nitrogen and oxygen atoms in total. The second-order valence-corrected chi connectivity index (χ2v) is 9.82. The van der Waals surface area contributed by atoms with Gasteiger partial charge in [0.1, 0.15) is 23.3 Å². The van der Waals surface area contributed by atoms with E-state index in [0.29, 0.717) is 18.2 Å². The van der Waals surface area contributed by atoms with Gasteiger partial charge in [0.2, 0.25) is 5.96 Å².